The lowest BCUT2D eigenvalue weighted by Crippen LogP contribution is -2.38. The number of nitrogens with one attached hydrogen (secondary N) is 1. The predicted octanol–water partition coefficient (Wildman–Crippen LogP) is 3.19. The maximum absolute atomic E-state index is 12.7. The molecule has 0 unspecified atom stereocenters. The lowest BCUT2D eigenvalue weighted by atomic mass is 10.1. The molecule has 0 aliphatic carbocycles. The Morgan fingerprint density at radius 2 is 1.66 bits per heavy atom. The third-order valence-electron chi connectivity index (χ3n) is 5.14. The lowest BCUT2D eigenvalue weighted by Gasteiger charge is -2.29. The van der Waals surface area contributed by atoms with Crippen molar-refractivity contribution in [1.82, 2.24) is 4.90 Å². The molecule has 0 saturated carbocycles. The monoisotopic (exact) mass is 395 g/mol. The smallest absolute Gasteiger partial charge is 0.254 e. The fourth-order valence-electron chi connectivity index (χ4n) is 3.34. The zero-order chi connectivity index (χ0) is 20.6. The standard InChI is InChI=1S/C23H29N3O3/c1-3-18-5-7-19(8-6-18)23(28)25(4-2)17-22(27)24-20-9-11-21(12-10-20)26-13-15-29-16-14-26/h5-12H,3-4,13-17H2,1-2H3,(H,24,27). The normalized spacial score (nSPS) is 13.8. The SMILES string of the molecule is CCc1ccc(C(=O)N(CC)CC(=O)Nc2ccc(N3CCOCC3)cc2)cc1. The van der Waals surface area contributed by atoms with Crippen LogP contribution in [0.5, 0.6) is 0 Å². The molecule has 0 aromatic heterocycles. The van der Waals surface area contributed by atoms with Crippen LogP contribution in [0.3, 0.4) is 0 Å². The number of anilines is 2. The Morgan fingerprint density at radius 3 is 2.24 bits per heavy atom. The molecule has 1 aliphatic rings. The van der Waals surface area contributed by atoms with Crippen molar-refractivity contribution in [3.8, 4) is 0 Å². The Balaban J connectivity index is 1.57. The van der Waals surface area contributed by atoms with E-state index in [1.807, 2.05) is 55.5 Å². The van der Waals surface area contributed by atoms with Gasteiger partial charge in [0, 0.05) is 36.6 Å². The van der Waals surface area contributed by atoms with Crippen molar-refractivity contribution in [2.45, 2.75) is 20.3 Å². The molecule has 2 amide bonds. The van der Waals surface area contributed by atoms with Crippen molar-refractivity contribution >= 4 is 23.2 Å². The number of hydrogen-bond acceptors (Lipinski definition) is 4. The molecule has 29 heavy (non-hydrogen) atoms. The third-order valence-corrected chi connectivity index (χ3v) is 5.14. The van der Waals surface area contributed by atoms with E-state index in [2.05, 4.69) is 17.1 Å². The van der Waals surface area contributed by atoms with Gasteiger partial charge in [-0.2, -0.15) is 0 Å². The molecule has 154 valence electrons. The first-order valence-corrected chi connectivity index (χ1v) is 10.2. The van der Waals surface area contributed by atoms with Gasteiger partial charge >= 0.3 is 0 Å². The summed E-state index contributed by atoms with van der Waals surface area (Å²) in [7, 11) is 0. The van der Waals surface area contributed by atoms with Crippen molar-refractivity contribution in [1.29, 1.82) is 0 Å². The van der Waals surface area contributed by atoms with Gasteiger partial charge < -0.3 is 19.9 Å². The quantitative estimate of drug-likeness (QED) is 0.782. The zero-order valence-electron chi connectivity index (χ0n) is 17.2. The first-order chi connectivity index (χ1) is 14.1. The van der Waals surface area contributed by atoms with Crippen LogP contribution in [0.1, 0.15) is 29.8 Å². The number of ether oxygens (including phenoxy) is 1. The number of hydrogen-bond donors (Lipinski definition) is 1. The molecule has 1 N–H and O–H groups in total. The van der Waals surface area contributed by atoms with Gasteiger partial charge in [0.2, 0.25) is 5.91 Å². The van der Waals surface area contributed by atoms with Gasteiger partial charge in [0.25, 0.3) is 5.91 Å². The van der Waals surface area contributed by atoms with Crippen LogP contribution in [-0.4, -0.2) is 56.1 Å². The third kappa shape index (κ3) is 5.57. The molecule has 3 rings (SSSR count). The van der Waals surface area contributed by atoms with Crippen LogP contribution >= 0.6 is 0 Å². The molecule has 6 heteroatoms. The molecule has 1 saturated heterocycles. The molecule has 1 heterocycles. The van der Waals surface area contributed by atoms with Crippen LogP contribution in [0.2, 0.25) is 0 Å². The van der Waals surface area contributed by atoms with Gasteiger partial charge in [-0.05, 0) is 55.3 Å². The highest BCUT2D eigenvalue weighted by molar-refractivity contribution is 5.99. The van der Waals surface area contributed by atoms with Crippen molar-refractivity contribution in [3.05, 3.63) is 59.7 Å². The minimum atomic E-state index is -0.204. The van der Waals surface area contributed by atoms with E-state index in [0.29, 0.717) is 12.1 Å². The van der Waals surface area contributed by atoms with Crippen LogP contribution in [0.25, 0.3) is 0 Å². The average Bonchev–Trinajstić information content (AvgIpc) is 2.78. The van der Waals surface area contributed by atoms with Gasteiger partial charge in [-0.25, -0.2) is 0 Å². The van der Waals surface area contributed by atoms with Crippen molar-refractivity contribution in [3.63, 3.8) is 0 Å². The van der Waals surface area contributed by atoms with Gasteiger partial charge in [-0.1, -0.05) is 19.1 Å². The van der Waals surface area contributed by atoms with E-state index >= 15 is 0 Å². The molecule has 0 atom stereocenters. The highest BCUT2D eigenvalue weighted by Crippen LogP contribution is 2.19. The summed E-state index contributed by atoms with van der Waals surface area (Å²) < 4.78 is 5.38. The fourth-order valence-corrected chi connectivity index (χ4v) is 3.34. The van der Waals surface area contributed by atoms with Crippen LogP contribution in [0.15, 0.2) is 48.5 Å². The Kier molecular flexibility index (Phi) is 7.25. The van der Waals surface area contributed by atoms with E-state index in [1.54, 1.807) is 4.90 Å². The number of likely N-dealkylation sites (N-methyl/N-ethyl adjacent to an activating group) is 1. The van der Waals surface area contributed by atoms with E-state index in [-0.39, 0.29) is 18.4 Å². The Morgan fingerprint density at radius 1 is 1.00 bits per heavy atom. The van der Waals surface area contributed by atoms with Crippen LogP contribution in [0, 0.1) is 0 Å². The van der Waals surface area contributed by atoms with Crippen molar-refractivity contribution < 1.29 is 14.3 Å². The number of aryl methyl sites for hydroxylation is 1. The summed E-state index contributed by atoms with van der Waals surface area (Å²) in [4.78, 5) is 29.0. The van der Waals surface area contributed by atoms with Gasteiger partial charge in [0.05, 0.1) is 13.2 Å². The van der Waals surface area contributed by atoms with Gasteiger partial charge in [-0.15, -0.1) is 0 Å². The highest BCUT2D eigenvalue weighted by atomic mass is 16.5. The second-order valence-electron chi connectivity index (χ2n) is 7.06. The minimum Gasteiger partial charge on any atom is -0.378 e. The summed E-state index contributed by atoms with van der Waals surface area (Å²) in [6.45, 7) is 7.67. The molecule has 2 aromatic carbocycles. The van der Waals surface area contributed by atoms with E-state index in [0.717, 1.165) is 44.1 Å². The second kappa shape index (κ2) is 10.1. The number of rotatable bonds is 7. The molecular formula is C23H29N3O3. The first-order valence-electron chi connectivity index (χ1n) is 10.2. The van der Waals surface area contributed by atoms with E-state index < -0.39 is 0 Å². The number of nitrogens with zero attached hydrogens (tertiary/aromatic N) is 2. The predicted molar refractivity (Wildman–Crippen MR) is 116 cm³/mol. The Hall–Kier alpha value is -2.86. The summed E-state index contributed by atoms with van der Waals surface area (Å²) >= 11 is 0. The summed E-state index contributed by atoms with van der Waals surface area (Å²) in [6.07, 6.45) is 0.929. The van der Waals surface area contributed by atoms with E-state index in [4.69, 9.17) is 4.74 Å². The van der Waals surface area contributed by atoms with Crippen molar-refractivity contribution in [2.75, 3.05) is 49.6 Å². The van der Waals surface area contributed by atoms with E-state index in [1.165, 1.54) is 5.56 Å². The number of morpholine rings is 1. The Labute approximate surface area is 172 Å². The lowest BCUT2D eigenvalue weighted by molar-refractivity contribution is -0.116. The van der Waals surface area contributed by atoms with E-state index in [9.17, 15) is 9.59 Å². The molecule has 6 nitrogen and oxygen atoms in total. The maximum Gasteiger partial charge on any atom is 0.254 e. The molecular weight excluding hydrogens is 366 g/mol. The molecule has 2 aromatic rings. The number of benzene rings is 2. The molecule has 1 fully saturated rings. The molecule has 0 radical (unpaired) electrons. The van der Waals surface area contributed by atoms with Gasteiger partial charge in [-0.3, -0.25) is 9.59 Å². The summed E-state index contributed by atoms with van der Waals surface area (Å²) in [5.41, 5.74) is 3.63. The van der Waals surface area contributed by atoms with Crippen LogP contribution < -0.4 is 10.2 Å². The molecule has 0 bridgehead atoms. The second-order valence-corrected chi connectivity index (χ2v) is 7.06. The molecule has 0 spiro atoms. The number of amides is 2. The first kappa shape index (κ1) is 20.9. The maximum atomic E-state index is 12.7. The topological polar surface area (TPSA) is 61.9 Å². The van der Waals surface area contributed by atoms with Gasteiger partial charge in [0.15, 0.2) is 0 Å². The highest BCUT2D eigenvalue weighted by Gasteiger charge is 2.18. The average molecular weight is 396 g/mol. The largest absolute Gasteiger partial charge is 0.378 e. The zero-order valence-corrected chi connectivity index (χ0v) is 17.2. The van der Waals surface area contributed by atoms with Crippen molar-refractivity contribution in [2.24, 2.45) is 0 Å². The van der Waals surface area contributed by atoms with Crippen LogP contribution in [0.4, 0.5) is 11.4 Å². The summed E-state index contributed by atoms with van der Waals surface area (Å²) in [5, 5.41) is 2.89. The number of carbonyl (C=O) groups is 2. The Bertz CT molecular complexity index is 812. The fraction of sp³-hybridized carbons (Fsp3) is 0.391. The van der Waals surface area contributed by atoms with Crippen LogP contribution in [-0.2, 0) is 16.0 Å². The summed E-state index contributed by atoms with van der Waals surface area (Å²) in [5.74, 6) is -0.336. The number of carbonyl (C=O) groups excluding carboxylic acids is 2. The molecule has 1 aliphatic heterocycles. The minimum absolute atomic E-state index is 0.0239. The summed E-state index contributed by atoms with van der Waals surface area (Å²) in [6, 6.07) is 15.3. The van der Waals surface area contributed by atoms with Gasteiger partial charge in [0.1, 0.15) is 6.54 Å².